The highest BCUT2D eigenvalue weighted by atomic mass is 35.5. The van der Waals surface area contributed by atoms with Crippen molar-refractivity contribution < 1.29 is 23.5 Å². The van der Waals surface area contributed by atoms with Crippen molar-refractivity contribution in [3.05, 3.63) is 100 Å². The van der Waals surface area contributed by atoms with Crippen molar-refractivity contribution in [1.29, 1.82) is 0 Å². The van der Waals surface area contributed by atoms with Gasteiger partial charge < -0.3 is 4.74 Å². The van der Waals surface area contributed by atoms with Crippen molar-refractivity contribution in [3.63, 3.8) is 0 Å². The van der Waals surface area contributed by atoms with E-state index < -0.39 is 35.7 Å². The smallest absolute Gasteiger partial charge is 0.326 e. The van der Waals surface area contributed by atoms with Crippen LogP contribution in [0.25, 0.3) is 0 Å². The van der Waals surface area contributed by atoms with Crippen LogP contribution >= 0.6 is 11.6 Å². The number of halogens is 2. The van der Waals surface area contributed by atoms with Gasteiger partial charge in [0.15, 0.2) is 0 Å². The van der Waals surface area contributed by atoms with Gasteiger partial charge in [-0.3, -0.25) is 25.0 Å². The Balaban J connectivity index is 1.98. The lowest BCUT2D eigenvalue weighted by Crippen LogP contribution is -2.60. The van der Waals surface area contributed by atoms with Crippen LogP contribution in [0.3, 0.4) is 0 Å². The third-order valence-corrected chi connectivity index (χ3v) is 5.74. The fraction of sp³-hybridized carbons (Fsp3) is 0.154. The summed E-state index contributed by atoms with van der Waals surface area (Å²) in [5.41, 5.74) is 4.66. The van der Waals surface area contributed by atoms with Gasteiger partial charge in [0.1, 0.15) is 12.4 Å². The van der Waals surface area contributed by atoms with Crippen LogP contribution < -0.4 is 10.6 Å². The zero-order chi connectivity index (χ0) is 25.2. The van der Waals surface area contributed by atoms with Crippen LogP contribution in [-0.4, -0.2) is 42.2 Å². The number of para-hydroxylation sites is 1. The Morgan fingerprint density at radius 1 is 1.03 bits per heavy atom. The molecule has 1 aliphatic rings. The summed E-state index contributed by atoms with van der Waals surface area (Å²) >= 11 is 5.94. The third kappa shape index (κ3) is 4.58. The first-order chi connectivity index (χ1) is 16.8. The maximum Gasteiger partial charge on any atom is 0.326 e. The molecule has 1 aliphatic heterocycles. The normalized spacial score (nSPS) is 17.3. The van der Waals surface area contributed by atoms with Crippen molar-refractivity contribution in [2.45, 2.75) is 12.6 Å². The molecule has 35 heavy (non-hydrogen) atoms. The minimum Gasteiger partial charge on any atom is -0.465 e. The molecule has 0 radical (unpaired) electrons. The van der Waals surface area contributed by atoms with E-state index in [4.69, 9.17) is 22.1 Å². The van der Waals surface area contributed by atoms with E-state index in [0.717, 1.165) is 4.90 Å². The number of rotatable bonds is 6. The molecule has 3 aromatic rings. The molecule has 0 saturated carbocycles. The number of carbonyl (C=O) groups excluding carboxylic acids is 3. The first kappa shape index (κ1) is 24.3. The first-order valence-electron chi connectivity index (χ1n) is 10.8. The number of benzodiazepines with no additional fused rings is 1. The molecule has 0 spiro atoms. The molecule has 1 atom stereocenters. The Labute approximate surface area is 206 Å². The zero-order valence-corrected chi connectivity index (χ0v) is 19.5. The second kappa shape index (κ2) is 9.77. The number of aliphatic imine (C=N–C) groups is 1. The van der Waals surface area contributed by atoms with Gasteiger partial charge in [0.2, 0.25) is 5.78 Å². The molecule has 0 saturated heterocycles. The number of benzene rings is 3. The second-order valence-corrected chi connectivity index (χ2v) is 8.19. The topological polar surface area (TPSA) is 102 Å². The zero-order valence-electron chi connectivity index (χ0n) is 18.7. The quantitative estimate of drug-likeness (QED) is 0.320. The van der Waals surface area contributed by atoms with Gasteiger partial charge in [-0.2, -0.15) is 0 Å². The number of anilines is 1. The highest BCUT2D eigenvalue weighted by molar-refractivity contribution is 6.31. The van der Waals surface area contributed by atoms with Crippen molar-refractivity contribution in [1.82, 2.24) is 0 Å². The predicted octanol–water partition coefficient (Wildman–Crippen LogP) is 3.76. The van der Waals surface area contributed by atoms with Crippen LogP contribution in [0.1, 0.15) is 28.4 Å². The molecule has 0 bridgehead atoms. The monoisotopic (exact) mass is 493 g/mol. The van der Waals surface area contributed by atoms with E-state index in [1.807, 2.05) is 0 Å². The van der Waals surface area contributed by atoms with Gasteiger partial charge in [-0.1, -0.05) is 41.9 Å². The standard InChI is InChI=1S/C26H21ClFN3O4/c1-2-35-22(32)15-31-21-10-6-4-8-19(21)23(18-7-3-5-9-20(18)28)30-26(29,25(31)34)24(33)16-11-13-17(27)14-12-16/h3-14H,2,15,29H2,1H3. The fourth-order valence-electron chi connectivity index (χ4n) is 3.83. The molecule has 0 fully saturated rings. The van der Waals surface area contributed by atoms with Crippen LogP contribution in [-0.2, 0) is 14.3 Å². The van der Waals surface area contributed by atoms with E-state index >= 15 is 0 Å². The molecule has 7 nitrogen and oxygen atoms in total. The Kier molecular flexibility index (Phi) is 6.77. The molecular weight excluding hydrogens is 473 g/mol. The van der Waals surface area contributed by atoms with Gasteiger partial charge >= 0.3 is 5.97 Å². The van der Waals surface area contributed by atoms with Gasteiger partial charge in [0.25, 0.3) is 11.6 Å². The third-order valence-electron chi connectivity index (χ3n) is 5.48. The second-order valence-electron chi connectivity index (χ2n) is 7.76. The largest absolute Gasteiger partial charge is 0.465 e. The summed E-state index contributed by atoms with van der Waals surface area (Å²) < 4.78 is 20.0. The molecular formula is C26H21ClFN3O4. The van der Waals surface area contributed by atoms with Gasteiger partial charge in [-0.15, -0.1) is 0 Å². The lowest BCUT2D eigenvalue weighted by molar-refractivity contribution is -0.142. The van der Waals surface area contributed by atoms with Crippen LogP contribution in [0, 0.1) is 5.82 Å². The molecule has 178 valence electrons. The number of Topliss-reactive ketones (excluding diaryl/α,β-unsaturated/α-hetero) is 1. The van der Waals surface area contributed by atoms with Crippen molar-refractivity contribution in [2.75, 3.05) is 18.1 Å². The highest BCUT2D eigenvalue weighted by Crippen LogP contribution is 2.33. The molecule has 1 heterocycles. The average molecular weight is 494 g/mol. The van der Waals surface area contributed by atoms with E-state index in [2.05, 4.69) is 4.99 Å². The minimum atomic E-state index is -2.50. The Morgan fingerprint density at radius 3 is 2.31 bits per heavy atom. The summed E-state index contributed by atoms with van der Waals surface area (Å²) in [5.74, 6) is -3.11. The van der Waals surface area contributed by atoms with Crippen LogP contribution in [0.4, 0.5) is 10.1 Å². The average Bonchev–Trinajstić information content (AvgIpc) is 2.94. The number of carbonyl (C=O) groups is 3. The van der Waals surface area contributed by atoms with E-state index in [0.29, 0.717) is 10.6 Å². The van der Waals surface area contributed by atoms with E-state index in [-0.39, 0.29) is 29.1 Å². The number of fused-ring (bicyclic) bond motifs is 1. The van der Waals surface area contributed by atoms with E-state index in [9.17, 15) is 18.8 Å². The number of hydrogen-bond donors (Lipinski definition) is 1. The molecule has 0 aliphatic carbocycles. The Bertz CT molecular complexity index is 1340. The predicted molar refractivity (Wildman–Crippen MR) is 130 cm³/mol. The van der Waals surface area contributed by atoms with Gasteiger partial charge in [0.05, 0.1) is 18.0 Å². The summed E-state index contributed by atoms with van der Waals surface area (Å²) in [5, 5.41) is 0.381. The SMILES string of the molecule is CCOC(=O)CN1C(=O)C(N)(C(=O)c2ccc(Cl)cc2)N=C(c2ccccc2F)c2ccccc21. The van der Waals surface area contributed by atoms with Crippen molar-refractivity contribution in [3.8, 4) is 0 Å². The van der Waals surface area contributed by atoms with Crippen LogP contribution in [0.15, 0.2) is 77.8 Å². The number of ether oxygens (including phenoxy) is 1. The molecule has 3 aromatic carbocycles. The molecule has 0 aromatic heterocycles. The Morgan fingerprint density at radius 2 is 1.66 bits per heavy atom. The lowest BCUT2D eigenvalue weighted by atomic mass is 9.96. The maximum atomic E-state index is 14.9. The number of ketones is 1. The minimum absolute atomic E-state index is 0.00298. The number of nitrogens with zero attached hydrogens (tertiary/aromatic N) is 2. The molecule has 4 rings (SSSR count). The van der Waals surface area contributed by atoms with Crippen molar-refractivity contribution >= 4 is 40.7 Å². The van der Waals surface area contributed by atoms with Gasteiger partial charge in [-0.05, 0) is 49.4 Å². The summed E-state index contributed by atoms with van der Waals surface area (Å²) in [4.78, 5) is 45.4. The first-order valence-corrected chi connectivity index (χ1v) is 11.1. The van der Waals surface area contributed by atoms with E-state index in [1.54, 1.807) is 37.3 Å². The van der Waals surface area contributed by atoms with Crippen molar-refractivity contribution in [2.24, 2.45) is 10.7 Å². The van der Waals surface area contributed by atoms with Crippen LogP contribution in [0.5, 0.6) is 0 Å². The van der Waals surface area contributed by atoms with Gasteiger partial charge in [0, 0.05) is 21.7 Å². The number of nitrogens with two attached hydrogens (primary N) is 1. The summed E-state index contributed by atoms with van der Waals surface area (Å²) in [6, 6.07) is 18.1. The lowest BCUT2D eigenvalue weighted by Gasteiger charge is -2.28. The number of hydrogen-bond acceptors (Lipinski definition) is 6. The molecule has 2 N–H and O–H groups in total. The molecule has 9 heteroatoms. The Hall–Kier alpha value is -3.88. The summed E-state index contributed by atoms with van der Waals surface area (Å²) in [6.45, 7) is 1.21. The van der Waals surface area contributed by atoms with E-state index in [1.165, 1.54) is 42.5 Å². The maximum absolute atomic E-state index is 14.9. The highest BCUT2D eigenvalue weighted by Gasteiger charge is 2.49. The van der Waals surface area contributed by atoms with Gasteiger partial charge in [-0.25, -0.2) is 9.38 Å². The molecule has 1 unspecified atom stereocenters. The van der Waals surface area contributed by atoms with Crippen LogP contribution in [0.2, 0.25) is 5.02 Å². The number of esters is 1. The summed E-state index contributed by atoms with van der Waals surface area (Å²) in [7, 11) is 0. The fourth-order valence-corrected chi connectivity index (χ4v) is 3.96. The summed E-state index contributed by atoms with van der Waals surface area (Å²) in [6.07, 6.45) is 0. The molecule has 1 amide bonds. The number of amides is 1.